The SMILES string of the molecule is COc1ccccc1OCCOCCOc1ccc(Cl)cc1Br. The highest BCUT2D eigenvalue weighted by molar-refractivity contribution is 9.10. The van der Waals surface area contributed by atoms with Crippen LogP contribution < -0.4 is 14.2 Å². The van der Waals surface area contributed by atoms with Crippen molar-refractivity contribution in [2.45, 2.75) is 0 Å². The minimum atomic E-state index is 0.449. The topological polar surface area (TPSA) is 36.9 Å². The molecule has 2 aromatic rings. The molecule has 0 saturated heterocycles. The van der Waals surface area contributed by atoms with Gasteiger partial charge in [-0.1, -0.05) is 23.7 Å². The Morgan fingerprint density at radius 1 is 0.870 bits per heavy atom. The maximum Gasteiger partial charge on any atom is 0.161 e. The van der Waals surface area contributed by atoms with Gasteiger partial charge >= 0.3 is 0 Å². The number of ether oxygens (including phenoxy) is 4. The Hall–Kier alpha value is -1.43. The van der Waals surface area contributed by atoms with E-state index < -0.39 is 0 Å². The molecule has 0 spiro atoms. The highest BCUT2D eigenvalue weighted by Crippen LogP contribution is 2.28. The molecule has 4 nitrogen and oxygen atoms in total. The van der Waals surface area contributed by atoms with E-state index in [2.05, 4.69) is 15.9 Å². The molecule has 0 bridgehead atoms. The van der Waals surface area contributed by atoms with Gasteiger partial charge in [0.25, 0.3) is 0 Å². The van der Waals surface area contributed by atoms with Crippen molar-refractivity contribution in [3.05, 3.63) is 52.0 Å². The first-order valence-electron chi connectivity index (χ1n) is 7.12. The number of benzene rings is 2. The van der Waals surface area contributed by atoms with Gasteiger partial charge in [-0.25, -0.2) is 0 Å². The molecule has 2 aromatic carbocycles. The van der Waals surface area contributed by atoms with Gasteiger partial charge < -0.3 is 18.9 Å². The third-order valence-corrected chi connectivity index (χ3v) is 3.79. The van der Waals surface area contributed by atoms with Crippen LogP contribution in [0.2, 0.25) is 5.02 Å². The number of rotatable bonds is 9. The zero-order valence-corrected chi connectivity index (χ0v) is 15.1. The van der Waals surface area contributed by atoms with E-state index in [0.29, 0.717) is 42.9 Å². The van der Waals surface area contributed by atoms with Gasteiger partial charge in [-0.15, -0.1) is 0 Å². The van der Waals surface area contributed by atoms with E-state index in [-0.39, 0.29) is 0 Å². The van der Waals surface area contributed by atoms with Crippen LogP contribution in [0.15, 0.2) is 46.9 Å². The molecule has 0 aliphatic heterocycles. The van der Waals surface area contributed by atoms with Crippen LogP contribution in [0.3, 0.4) is 0 Å². The third-order valence-electron chi connectivity index (χ3n) is 2.93. The van der Waals surface area contributed by atoms with E-state index in [9.17, 15) is 0 Å². The summed E-state index contributed by atoms with van der Waals surface area (Å²) in [5.41, 5.74) is 0. The number of hydrogen-bond donors (Lipinski definition) is 0. The minimum absolute atomic E-state index is 0.449. The second kappa shape index (κ2) is 9.65. The van der Waals surface area contributed by atoms with Gasteiger partial charge in [0.2, 0.25) is 0 Å². The maximum absolute atomic E-state index is 5.87. The Morgan fingerprint density at radius 3 is 2.17 bits per heavy atom. The first-order chi connectivity index (χ1) is 11.2. The fourth-order valence-corrected chi connectivity index (χ4v) is 2.65. The molecule has 0 aliphatic carbocycles. The van der Waals surface area contributed by atoms with Crippen molar-refractivity contribution in [1.82, 2.24) is 0 Å². The summed E-state index contributed by atoms with van der Waals surface area (Å²) in [5, 5.41) is 0.661. The van der Waals surface area contributed by atoms with Crippen molar-refractivity contribution >= 4 is 27.5 Å². The fourth-order valence-electron chi connectivity index (χ4n) is 1.85. The molecule has 0 unspecified atom stereocenters. The summed E-state index contributed by atoms with van der Waals surface area (Å²) in [6.45, 7) is 1.85. The largest absolute Gasteiger partial charge is 0.493 e. The molecule has 23 heavy (non-hydrogen) atoms. The Balaban J connectivity index is 1.61. The fraction of sp³-hybridized carbons (Fsp3) is 0.294. The molecular formula is C17H18BrClO4. The number of methoxy groups -OCH3 is 1. The molecule has 0 saturated carbocycles. The van der Waals surface area contributed by atoms with Crippen LogP contribution in [0.5, 0.6) is 17.2 Å². The van der Waals surface area contributed by atoms with E-state index in [0.717, 1.165) is 10.2 Å². The summed E-state index contributed by atoms with van der Waals surface area (Å²) < 4.78 is 22.7. The predicted octanol–water partition coefficient (Wildman–Crippen LogP) is 4.59. The second-order valence-corrected chi connectivity index (χ2v) is 5.83. The summed E-state index contributed by atoms with van der Waals surface area (Å²) in [6, 6.07) is 12.9. The zero-order chi connectivity index (χ0) is 16.5. The van der Waals surface area contributed by atoms with Crippen molar-refractivity contribution in [1.29, 1.82) is 0 Å². The average Bonchev–Trinajstić information content (AvgIpc) is 2.56. The Kier molecular flexibility index (Phi) is 7.52. The smallest absolute Gasteiger partial charge is 0.161 e. The van der Waals surface area contributed by atoms with Crippen molar-refractivity contribution < 1.29 is 18.9 Å². The molecule has 0 fully saturated rings. The van der Waals surface area contributed by atoms with E-state index in [1.54, 1.807) is 19.2 Å². The van der Waals surface area contributed by atoms with Gasteiger partial charge in [0.1, 0.15) is 19.0 Å². The van der Waals surface area contributed by atoms with Crippen molar-refractivity contribution in [2.75, 3.05) is 33.5 Å². The lowest BCUT2D eigenvalue weighted by Gasteiger charge is -2.11. The molecule has 0 amide bonds. The summed E-state index contributed by atoms with van der Waals surface area (Å²) in [5.74, 6) is 2.16. The first-order valence-corrected chi connectivity index (χ1v) is 8.29. The standard InChI is InChI=1S/C17H18BrClO4/c1-20-16-4-2-3-5-17(16)23-11-9-21-8-10-22-15-7-6-13(19)12-14(15)18/h2-7,12H,8-11H2,1H3. The van der Waals surface area contributed by atoms with Gasteiger partial charge in [-0.3, -0.25) is 0 Å². The second-order valence-electron chi connectivity index (χ2n) is 4.53. The number of halogens is 2. The minimum Gasteiger partial charge on any atom is -0.493 e. The molecule has 0 heterocycles. The quantitative estimate of drug-likeness (QED) is 0.576. The van der Waals surface area contributed by atoms with E-state index in [4.69, 9.17) is 30.5 Å². The lowest BCUT2D eigenvalue weighted by molar-refractivity contribution is 0.0755. The van der Waals surface area contributed by atoms with Crippen LogP contribution in [0.1, 0.15) is 0 Å². The lowest BCUT2D eigenvalue weighted by Crippen LogP contribution is -2.12. The average molecular weight is 402 g/mol. The summed E-state index contributed by atoms with van der Waals surface area (Å²) in [7, 11) is 1.62. The van der Waals surface area contributed by atoms with Gasteiger partial charge in [-0.2, -0.15) is 0 Å². The van der Waals surface area contributed by atoms with Gasteiger partial charge in [0.05, 0.1) is 24.8 Å². The van der Waals surface area contributed by atoms with Crippen LogP contribution in [0.4, 0.5) is 0 Å². The van der Waals surface area contributed by atoms with Crippen molar-refractivity contribution in [2.24, 2.45) is 0 Å². The van der Waals surface area contributed by atoms with Crippen LogP contribution in [-0.2, 0) is 4.74 Å². The van der Waals surface area contributed by atoms with Gasteiger partial charge in [0, 0.05) is 5.02 Å². The molecule has 0 atom stereocenters. The Bertz CT molecular complexity index is 621. The highest BCUT2D eigenvalue weighted by atomic mass is 79.9. The Morgan fingerprint density at radius 2 is 1.52 bits per heavy atom. The molecular weight excluding hydrogens is 384 g/mol. The predicted molar refractivity (Wildman–Crippen MR) is 94.0 cm³/mol. The molecule has 124 valence electrons. The molecule has 6 heteroatoms. The normalized spacial score (nSPS) is 10.4. The van der Waals surface area contributed by atoms with Crippen LogP contribution >= 0.6 is 27.5 Å². The summed E-state index contributed by atoms with van der Waals surface area (Å²) in [4.78, 5) is 0. The molecule has 0 N–H and O–H groups in total. The van der Waals surface area contributed by atoms with E-state index >= 15 is 0 Å². The van der Waals surface area contributed by atoms with Crippen molar-refractivity contribution in [3.63, 3.8) is 0 Å². The Labute approximate surface area is 149 Å². The highest BCUT2D eigenvalue weighted by Gasteiger charge is 2.03. The first kappa shape index (κ1) is 17.9. The third kappa shape index (κ3) is 5.94. The van der Waals surface area contributed by atoms with Crippen LogP contribution in [0, 0.1) is 0 Å². The van der Waals surface area contributed by atoms with Crippen LogP contribution in [0.25, 0.3) is 0 Å². The number of hydrogen-bond acceptors (Lipinski definition) is 4. The maximum atomic E-state index is 5.87. The number of para-hydroxylation sites is 2. The monoisotopic (exact) mass is 400 g/mol. The summed E-state index contributed by atoms with van der Waals surface area (Å²) in [6.07, 6.45) is 0. The molecule has 0 radical (unpaired) electrons. The summed E-state index contributed by atoms with van der Waals surface area (Å²) >= 11 is 9.27. The van der Waals surface area contributed by atoms with Gasteiger partial charge in [0.15, 0.2) is 11.5 Å². The molecule has 0 aromatic heterocycles. The van der Waals surface area contributed by atoms with Crippen molar-refractivity contribution in [3.8, 4) is 17.2 Å². The molecule has 0 aliphatic rings. The van der Waals surface area contributed by atoms with Gasteiger partial charge in [-0.05, 0) is 46.3 Å². The van der Waals surface area contributed by atoms with E-state index in [1.165, 1.54) is 0 Å². The zero-order valence-electron chi connectivity index (χ0n) is 12.8. The lowest BCUT2D eigenvalue weighted by atomic mass is 10.3. The molecule has 2 rings (SSSR count). The van der Waals surface area contributed by atoms with E-state index in [1.807, 2.05) is 30.3 Å². The van der Waals surface area contributed by atoms with Crippen LogP contribution in [-0.4, -0.2) is 33.5 Å².